The van der Waals surface area contributed by atoms with Crippen molar-refractivity contribution < 1.29 is 4.57 Å². The van der Waals surface area contributed by atoms with E-state index in [9.17, 15) is 0 Å². The highest BCUT2D eigenvalue weighted by molar-refractivity contribution is 9.11. The van der Waals surface area contributed by atoms with Crippen molar-refractivity contribution >= 4 is 70.8 Å². The Kier molecular flexibility index (Phi) is 8.28. The smallest absolute Gasteiger partial charge is 0.171 e. The zero-order valence-electron chi connectivity index (χ0n) is 21.8. The van der Waals surface area contributed by atoms with Crippen LogP contribution in [0.4, 0.5) is 0 Å². The van der Waals surface area contributed by atoms with E-state index in [0.29, 0.717) is 0 Å². The van der Waals surface area contributed by atoms with Crippen LogP contribution in [0.25, 0.3) is 33.4 Å². The van der Waals surface area contributed by atoms with Gasteiger partial charge in [-0.05, 0) is 69.8 Å². The van der Waals surface area contributed by atoms with Crippen LogP contribution in [0.3, 0.4) is 0 Å². The van der Waals surface area contributed by atoms with E-state index in [1.165, 1.54) is 0 Å². The van der Waals surface area contributed by atoms with E-state index in [1.54, 1.807) is 0 Å². The molecule has 0 radical (unpaired) electrons. The molecule has 5 heteroatoms. The monoisotopic (exact) mass is 740 g/mol. The summed E-state index contributed by atoms with van der Waals surface area (Å²) in [5, 5.41) is 2.43. The molecule has 0 spiro atoms. The molecule has 0 N–H and O–H groups in total. The molecule has 0 saturated carbocycles. The second kappa shape index (κ2) is 12.1. The van der Waals surface area contributed by atoms with Gasteiger partial charge in [0, 0.05) is 29.3 Å². The Hall–Kier alpha value is -3.01. The summed E-state index contributed by atoms with van der Waals surface area (Å²) < 4.78 is 18.4. The molecule has 0 atom stereocenters. The predicted molar refractivity (Wildman–Crippen MR) is 185 cm³/mol. The van der Waals surface area contributed by atoms with Gasteiger partial charge in [-0.25, -0.2) is 0 Å². The molecule has 6 aromatic rings. The summed E-state index contributed by atoms with van der Waals surface area (Å²) in [5.74, 6) is 0. The van der Waals surface area contributed by atoms with Crippen LogP contribution in [-0.4, -0.2) is 0 Å². The Morgan fingerprint density at radius 1 is 0.293 bits per heavy atom. The van der Waals surface area contributed by atoms with Crippen LogP contribution in [0.5, 0.6) is 0 Å². The number of hydrogen-bond donors (Lipinski definition) is 0. The van der Waals surface area contributed by atoms with Gasteiger partial charge in [-0.3, -0.25) is 0 Å². The van der Waals surface area contributed by atoms with Gasteiger partial charge in [0.05, 0.1) is 0 Å². The molecule has 0 heterocycles. The molecule has 41 heavy (non-hydrogen) atoms. The maximum absolute atomic E-state index is 15.3. The summed E-state index contributed by atoms with van der Waals surface area (Å²) in [7, 11) is -3.16. The molecule has 0 unspecified atom stereocenters. The van der Waals surface area contributed by atoms with Crippen molar-refractivity contribution in [2.75, 3.05) is 0 Å². The van der Waals surface area contributed by atoms with Gasteiger partial charge in [0.25, 0.3) is 0 Å². The second-order valence-corrected chi connectivity index (χ2v) is 15.3. The number of halogens is 3. The minimum Gasteiger partial charge on any atom is -0.309 e. The van der Waals surface area contributed by atoms with Gasteiger partial charge in [-0.1, -0.05) is 157 Å². The maximum Gasteiger partial charge on any atom is 0.171 e. The Labute approximate surface area is 266 Å². The third kappa shape index (κ3) is 5.98. The second-order valence-electron chi connectivity index (χ2n) is 9.77. The van der Waals surface area contributed by atoms with Crippen molar-refractivity contribution in [1.82, 2.24) is 0 Å². The van der Waals surface area contributed by atoms with Gasteiger partial charge in [0.1, 0.15) is 0 Å². The molecule has 0 aliphatic heterocycles. The molecular weight excluding hydrogens is 719 g/mol. The third-order valence-electron chi connectivity index (χ3n) is 7.23. The van der Waals surface area contributed by atoms with E-state index in [1.807, 2.05) is 72.8 Å². The SMILES string of the molecule is O=P(c1ccc(-c2ccc(Br)cc2)cc1)(c1ccc(-c2ccc(Br)cc2)cc1)c1ccc(-c2ccc(Br)cc2)cc1. The zero-order valence-corrected chi connectivity index (χ0v) is 27.5. The van der Waals surface area contributed by atoms with Crippen molar-refractivity contribution in [3.8, 4) is 33.4 Å². The number of hydrogen-bond acceptors (Lipinski definition) is 1. The summed E-state index contributed by atoms with van der Waals surface area (Å²) >= 11 is 10.5. The van der Waals surface area contributed by atoms with Gasteiger partial charge < -0.3 is 4.57 Å². The number of benzene rings is 6. The maximum atomic E-state index is 15.3. The molecule has 0 aliphatic carbocycles. The third-order valence-corrected chi connectivity index (χ3v) is 11.9. The van der Waals surface area contributed by atoms with Crippen LogP contribution < -0.4 is 15.9 Å². The normalized spacial score (nSPS) is 11.4. The molecule has 0 aromatic heterocycles. The Bertz CT molecular complexity index is 1610. The molecule has 1 nitrogen and oxygen atoms in total. The summed E-state index contributed by atoms with van der Waals surface area (Å²) in [4.78, 5) is 0. The van der Waals surface area contributed by atoms with E-state index in [0.717, 1.165) is 62.7 Å². The fraction of sp³-hybridized carbons (Fsp3) is 0. The van der Waals surface area contributed by atoms with E-state index < -0.39 is 7.14 Å². The Balaban J connectivity index is 1.42. The fourth-order valence-electron chi connectivity index (χ4n) is 4.97. The van der Waals surface area contributed by atoms with Gasteiger partial charge in [0.2, 0.25) is 0 Å². The first-order valence-corrected chi connectivity index (χ1v) is 17.2. The number of rotatable bonds is 6. The lowest BCUT2D eigenvalue weighted by atomic mass is 10.1. The van der Waals surface area contributed by atoms with E-state index in [4.69, 9.17) is 0 Å². The van der Waals surface area contributed by atoms with E-state index in [2.05, 4.69) is 121 Å². The molecule has 0 fully saturated rings. The summed E-state index contributed by atoms with van der Waals surface area (Å²) in [6.45, 7) is 0. The molecule has 0 amide bonds. The Morgan fingerprint density at radius 2 is 0.463 bits per heavy atom. The van der Waals surface area contributed by atoms with Crippen molar-refractivity contribution in [1.29, 1.82) is 0 Å². The quantitative estimate of drug-likeness (QED) is 0.155. The van der Waals surface area contributed by atoms with Crippen molar-refractivity contribution in [3.63, 3.8) is 0 Å². The molecule has 6 rings (SSSR count). The molecular formula is C36H24Br3OP. The van der Waals surface area contributed by atoms with Gasteiger partial charge in [0.15, 0.2) is 7.14 Å². The summed E-state index contributed by atoms with van der Waals surface area (Å²) in [6, 6.07) is 49.2. The largest absolute Gasteiger partial charge is 0.309 e. The molecule has 200 valence electrons. The van der Waals surface area contributed by atoms with Crippen LogP contribution >= 0.6 is 54.9 Å². The van der Waals surface area contributed by atoms with Crippen molar-refractivity contribution in [2.45, 2.75) is 0 Å². The highest BCUT2D eigenvalue weighted by Gasteiger charge is 2.30. The molecule has 6 aromatic carbocycles. The van der Waals surface area contributed by atoms with Crippen LogP contribution in [0.15, 0.2) is 159 Å². The first-order chi connectivity index (χ1) is 19.9. The van der Waals surface area contributed by atoms with E-state index in [-0.39, 0.29) is 0 Å². The summed E-state index contributed by atoms with van der Waals surface area (Å²) in [5.41, 5.74) is 6.61. The minimum absolute atomic E-state index is 0.811. The highest BCUT2D eigenvalue weighted by atomic mass is 79.9. The van der Waals surface area contributed by atoms with Gasteiger partial charge in [-0.2, -0.15) is 0 Å². The summed E-state index contributed by atoms with van der Waals surface area (Å²) in [6.07, 6.45) is 0. The lowest BCUT2D eigenvalue weighted by Crippen LogP contribution is -2.25. The van der Waals surface area contributed by atoms with E-state index >= 15 is 4.57 Å². The zero-order chi connectivity index (χ0) is 28.4. The van der Waals surface area contributed by atoms with Crippen molar-refractivity contribution in [3.05, 3.63) is 159 Å². The van der Waals surface area contributed by atoms with Gasteiger partial charge >= 0.3 is 0 Å². The minimum atomic E-state index is -3.16. The topological polar surface area (TPSA) is 17.1 Å². The predicted octanol–water partition coefficient (Wildman–Crippen LogP) is 10.6. The lowest BCUT2D eigenvalue weighted by molar-refractivity contribution is 0.592. The van der Waals surface area contributed by atoms with Crippen LogP contribution in [-0.2, 0) is 4.57 Å². The van der Waals surface area contributed by atoms with Crippen LogP contribution in [0.2, 0.25) is 0 Å². The Morgan fingerprint density at radius 3 is 0.659 bits per heavy atom. The molecule has 0 saturated heterocycles. The molecule has 0 aliphatic rings. The highest BCUT2D eigenvalue weighted by Crippen LogP contribution is 2.43. The molecule has 0 bridgehead atoms. The average molecular weight is 743 g/mol. The lowest BCUT2D eigenvalue weighted by Gasteiger charge is -2.21. The average Bonchev–Trinajstić information content (AvgIpc) is 3.02. The van der Waals surface area contributed by atoms with Gasteiger partial charge in [-0.15, -0.1) is 0 Å². The van der Waals surface area contributed by atoms with Crippen LogP contribution in [0, 0.1) is 0 Å². The first kappa shape index (κ1) is 28.1. The first-order valence-electron chi connectivity index (χ1n) is 13.1. The standard InChI is InChI=1S/C36H24Br3OP/c37-31-13-1-25(2-14-31)28-7-19-34(20-8-28)41(40,35-21-9-29(10-22-35)26-3-15-32(38)16-4-26)36-23-11-30(12-24-36)27-5-17-33(39)18-6-27/h1-24H. The van der Waals surface area contributed by atoms with Crippen LogP contribution in [0.1, 0.15) is 0 Å². The fourth-order valence-corrected chi connectivity index (χ4v) is 8.36. The van der Waals surface area contributed by atoms with Crippen molar-refractivity contribution in [2.24, 2.45) is 0 Å².